The maximum absolute atomic E-state index is 2.66. The summed E-state index contributed by atoms with van der Waals surface area (Å²) in [6.45, 7) is 2.29. The molecule has 13 heavy (non-hydrogen) atoms. The second-order valence-corrected chi connectivity index (χ2v) is 6.57. The Labute approximate surface area is 84.5 Å². The second-order valence-electron chi connectivity index (χ2n) is 4.13. The summed E-state index contributed by atoms with van der Waals surface area (Å²) in [7, 11) is 0.405. The minimum absolute atomic E-state index is 0.405. The van der Waals surface area contributed by atoms with E-state index in [-0.39, 0.29) is 0 Å². The Hall–Kier alpha value is 0.170. The van der Waals surface area contributed by atoms with Gasteiger partial charge in [0.1, 0.15) is 12.3 Å². The molecule has 0 radical (unpaired) electrons. The molecule has 0 unspecified atom stereocenters. The lowest BCUT2D eigenvalue weighted by atomic mass is 10.1. The van der Waals surface area contributed by atoms with Gasteiger partial charge in [-0.25, -0.2) is 0 Å². The number of hydrogen-bond acceptors (Lipinski definition) is 0. The van der Waals surface area contributed by atoms with Crippen molar-refractivity contribution >= 4 is 13.3 Å². The molecule has 0 bridgehead atoms. The van der Waals surface area contributed by atoms with Gasteiger partial charge in [-0.1, -0.05) is 32.6 Å². The molecule has 1 aliphatic rings. The summed E-state index contributed by atoms with van der Waals surface area (Å²) in [4.78, 5) is 0. The van der Waals surface area contributed by atoms with Gasteiger partial charge < -0.3 is 0 Å². The van der Waals surface area contributed by atoms with Crippen molar-refractivity contribution in [1.82, 2.24) is 0 Å². The minimum Gasteiger partial charge on any atom is -0.0654 e. The highest BCUT2D eigenvalue weighted by Crippen LogP contribution is 2.32. The van der Waals surface area contributed by atoms with E-state index < -0.39 is 0 Å². The Morgan fingerprint density at radius 3 is 2.38 bits per heavy atom. The van der Waals surface area contributed by atoms with Crippen molar-refractivity contribution in [2.75, 3.05) is 12.3 Å². The normalized spacial score (nSPS) is 16.5. The zero-order chi connectivity index (χ0) is 9.36. The fourth-order valence-corrected chi connectivity index (χ4v) is 4.34. The topological polar surface area (TPSA) is 0 Å². The van der Waals surface area contributed by atoms with Crippen LogP contribution in [0.4, 0.5) is 0 Å². The van der Waals surface area contributed by atoms with Crippen molar-refractivity contribution in [3.8, 4) is 0 Å². The van der Waals surface area contributed by atoms with Gasteiger partial charge in [-0.15, -0.1) is 0 Å². The van der Waals surface area contributed by atoms with E-state index in [4.69, 9.17) is 0 Å². The van der Waals surface area contributed by atoms with Crippen LogP contribution in [-0.2, 0) is 0 Å². The maximum Gasteiger partial charge on any atom is 0.106 e. The zero-order valence-corrected chi connectivity index (χ0v) is 9.99. The Morgan fingerprint density at radius 2 is 1.69 bits per heavy atom. The van der Waals surface area contributed by atoms with Gasteiger partial charge in [-0.05, 0) is 19.3 Å². The monoisotopic (exact) mass is 199 g/mol. The average Bonchev–Trinajstić information content (AvgIpc) is 2.63. The van der Waals surface area contributed by atoms with Crippen LogP contribution in [0.1, 0.15) is 58.3 Å². The number of hydrogen-bond donors (Lipinski definition) is 0. The van der Waals surface area contributed by atoms with Gasteiger partial charge in [-0.3, -0.25) is 0 Å². The third-order valence-electron chi connectivity index (χ3n) is 2.84. The van der Waals surface area contributed by atoms with Crippen molar-refractivity contribution in [2.24, 2.45) is 0 Å². The van der Waals surface area contributed by atoms with Crippen LogP contribution in [-0.4, -0.2) is 18.1 Å². The molecule has 0 N–H and O–H groups in total. The highest BCUT2D eigenvalue weighted by Gasteiger charge is 2.15. The van der Waals surface area contributed by atoms with Crippen LogP contribution in [0.3, 0.4) is 0 Å². The molecule has 1 heteroatoms. The summed E-state index contributed by atoms with van der Waals surface area (Å²) in [6.07, 6.45) is 14.7. The summed E-state index contributed by atoms with van der Waals surface area (Å²) < 4.78 is 0. The largest absolute Gasteiger partial charge is 0.106 e. The lowest BCUT2D eigenvalue weighted by Crippen LogP contribution is -1.80. The Morgan fingerprint density at radius 1 is 1.00 bits per heavy atom. The van der Waals surface area contributed by atoms with Crippen LogP contribution in [0.25, 0.3) is 0 Å². The molecule has 0 saturated carbocycles. The van der Waals surface area contributed by atoms with E-state index in [0.29, 0.717) is 7.55 Å². The molecular weight excluding hydrogens is 175 g/mol. The molecule has 0 spiro atoms. The lowest BCUT2D eigenvalue weighted by Gasteiger charge is -1.94. The summed E-state index contributed by atoms with van der Waals surface area (Å²) in [5.74, 6) is 2.66. The summed E-state index contributed by atoms with van der Waals surface area (Å²) in [5, 5.41) is 0. The highest BCUT2D eigenvalue weighted by atomic mass is 31.1. The number of rotatable bonds is 6. The van der Waals surface area contributed by atoms with Crippen molar-refractivity contribution in [2.45, 2.75) is 58.3 Å². The first-order chi connectivity index (χ1) is 6.43. The SMILES string of the molecule is CCCCCCCC=[P+]1CCCC1. The van der Waals surface area contributed by atoms with Gasteiger partial charge >= 0.3 is 0 Å². The van der Waals surface area contributed by atoms with Crippen LogP contribution >= 0.6 is 7.55 Å². The molecular formula is C12H24P+. The first kappa shape index (κ1) is 11.2. The highest BCUT2D eigenvalue weighted by molar-refractivity contribution is 7.57. The molecule has 0 aromatic heterocycles. The van der Waals surface area contributed by atoms with Gasteiger partial charge in [0.25, 0.3) is 0 Å². The van der Waals surface area contributed by atoms with E-state index in [1.54, 1.807) is 12.3 Å². The van der Waals surface area contributed by atoms with E-state index in [1.165, 1.54) is 51.4 Å². The standard InChI is InChI=1S/C12H24P/c1-2-3-4-5-6-7-10-13-11-8-9-12-13/h10H,2-9,11-12H2,1H3/q+1. The minimum atomic E-state index is 0.405. The van der Waals surface area contributed by atoms with Crippen molar-refractivity contribution in [3.63, 3.8) is 0 Å². The van der Waals surface area contributed by atoms with Crippen molar-refractivity contribution < 1.29 is 0 Å². The molecule has 0 aliphatic carbocycles. The first-order valence-corrected chi connectivity index (χ1v) is 7.79. The molecule has 0 amide bonds. The molecule has 76 valence electrons. The Balaban J connectivity index is 1.91. The average molecular weight is 199 g/mol. The first-order valence-electron chi connectivity index (χ1n) is 6.01. The second kappa shape index (κ2) is 7.56. The third kappa shape index (κ3) is 5.47. The van der Waals surface area contributed by atoms with E-state index in [1.807, 2.05) is 0 Å². The van der Waals surface area contributed by atoms with E-state index >= 15 is 0 Å². The molecule has 1 heterocycles. The fourth-order valence-electron chi connectivity index (χ4n) is 1.95. The summed E-state index contributed by atoms with van der Waals surface area (Å²) in [6, 6.07) is 0. The van der Waals surface area contributed by atoms with Crippen LogP contribution in [0.5, 0.6) is 0 Å². The Kier molecular flexibility index (Phi) is 6.54. The van der Waals surface area contributed by atoms with E-state index in [9.17, 15) is 0 Å². The smallest absolute Gasteiger partial charge is 0.0654 e. The molecule has 1 rings (SSSR count). The van der Waals surface area contributed by atoms with Crippen molar-refractivity contribution in [3.05, 3.63) is 0 Å². The van der Waals surface area contributed by atoms with Gasteiger partial charge in [0.15, 0.2) is 0 Å². The predicted molar refractivity (Wildman–Crippen MR) is 65.3 cm³/mol. The molecule has 1 saturated heterocycles. The molecule has 0 atom stereocenters. The summed E-state index contributed by atoms with van der Waals surface area (Å²) in [5.41, 5.74) is 0. The van der Waals surface area contributed by atoms with E-state index in [0.717, 1.165) is 0 Å². The van der Waals surface area contributed by atoms with Crippen molar-refractivity contribution in [1.29, 1.82) is 0 Å². The lowest BCUT2D eigenvalue weighted by molar-refractivity contribution is 0.646. The molecule has 0 nitrogen and oxygen atoms in total. The molecule has 1 fully saturated rings. The molecule has 0 aromatic rings. The molecule has 0 aromatic carbocycles. The van der Waals surface area contributed by atoms with Gasteiger partial charge in [0.2, 0.25) is 0 Å². The quantitative estimate of drug-likeness (QED) is 0.438. The van der Waals surface area contributed by atoms with Crippen LogP contribution < -0.4 is 0 Å². The zero-order valence-electron chi connectivity index (χ0n) is 9.10. The van der Waals surface area contributed by atoms with Crippen LogP contribution in [0.15, 0.2) is 0 Å². The van der Waals surface area contributed by atoms with Gasteiger partial charge in [0, 0.05) is 6.42 Å². The van der Waals surface area contributed by atoms with E-state index in [2.05, 4.69) is 12.7 Å². The van der Waals surface area contributed by atoms with Gasteiger partial charge in [0.05, 0.1) is 13.3 Å². The third-order valence-corrected chi connectivity index (χ3v) is 5.39. The van der Waals surface area contributed by atoms with Crippen LogP contribution in [0, 0.1) is 0 Å². The predicted octanol–water partition coefficient (Wildman–Crippen LogP) is 4.42. The molecule has 1 aliphatic heterocycles. The van der Waals surface area contributed by atoms with Gasteiger partial charge in [-0.2, -0.15) is 0 Å². The number of unbranched alkanes of at least 4 members (excludes halogenated alkanes) is 5. The van der Waals surface area contributed by atoms with Crippen LogP contribution in [0.2, 0.25) is 0 Å². The fraction of sp³-hybridized carbons (Fsp3) is 0.917. The summed E-state index contributed by atoms with van der Waals surface area (Å²) >= 11 is 0. The maximum atomic E-state index is 2.66. The Bertz CT molecular complexity index is 141.